The number of halogens is 3. The Hall–Kier alpha value is -1.63. The number of carbonyl (C=O) groups excluding carboxylic acids is 1. The van der Waals surface area contributed by atoms with Gasteiger partial charge in [0.15, 0.2) is 0 Å². The van der Waals surface area contributed by atoms with Crippen LogP contribution in [0.2, 0.25) is 10.2 Å². The third-order valence-corrected chi connectivity index (χ3v) is 3.72. The topological polar surface area (TPSA) is 79.3 Å². The average molecular weight is 390 g/mol. The Morgan fingerprint density at radius 3 is 2.62 bits per heavy atom. The summed E-state index contributed by atoms with van der Waals surface area (Å²) in [5.41, 5.74) is 0.191. The predicted molar refractivity (Wildman–Crippen MR) is 83.3 cm³/mol. The van der Waals surface area contributed by atoms with Crippen LogP contribution in [0, 0.1) is 0 Å². The van der Waals surface area contributed by atoms with E-state index in [0.29, 0.717) is 4.47 Å². The number of carboxylic acids is 1. The number of hydrogen-bond donors (Lipinski definition) is 2. The van der Waals surface area contributed by atoms with Crippen molar-refractivity contribution >= 4 is 56.7 Å². The van der Waals surface area contributed by atoms with Gasteiger partial charge < -0.3 is 10.4 Å². The van der Waals surface area contributed by atoms with E-state index in [4.69, 9.17) is 28.3 Å². The Balaban J connectivity index is 2.41. The fraction of sp³-hybridized carbons (Fsp3) is 0. The van der Waals surface area contributed by atoms with E-state index in [9.17, 15) is 9.59 Å². The first kappa shape index (κ1) is 15.8. The van der Waals surface area contributed by atoms with Crippen molar-refractivity contribution in [1.82, 2.24) is 4.98 Å². The maximum atomic E-state index is 12.2. The number of amides is 1. The number of anilines is 1. The lowest BCUT2D eigenvalue weighted by Gasteiger charge is -2.11. The van der Waals surface area contributed by atoms with Gasteiger partial charge in [-0.05, 0) is 34.1 Å². The lowest BCUT2D eigenvalue weighted by Crippen LogP contribution is -2.16. The van der Waals surface area contributed by atoms with Gasteiger partial charge in [0.1, 0.15) is 5.15 Å². The molecule has 5 nitrogen and oxygen atoms in total. The number of nitrogens with zero attached hydrogens (tertiary/aromatic N) is 1. The van der Waals surface area contributed by atoms with Crippen molar-refractivity contribution in [2.75, 3.05) is 5.32 Å². The number of aromatic carboxylic acids is 1. The second kappa shape index (κ2) is 6.43. The number of carbonyl (C=O) groups is 2. The summed E-state index contributed by atoms with van der Waals surface area (Å²) in [5.74, 6) is -1.75. The van der Waals surface area contributed by atoms with Gasteiger partial charge >= 0.3 is 5.97 Å². The Morgan fingerprint density at radius 1 is 1.24 bits per heavy atom. The Bertz CT molecular complexity index is 737. The number of benzene rings is 1. The van der Waals surface area contributed by atoms with Crippen molar-refractivity contribution in [2.45, 2.75) is 0 Å². The normalized spacial score (nSPS) is 10.2. The zero-order chi connectivity index (χ0) is 15.6. The fourth-order valence-corrected chi connectivity index (χ4v) is 2.41. The van der Waals surface area contributed by atoms with Crippen LogP contribution in [0.3, 0.4) is 0 Å². The predicted octanol–water partition coefficient (Wildman–Crippen LogP) is 4.10. The quantitative estimate of drug-likeness (QED) is 0.774. The minimum Gasteiger partial charge on any atom is -0.478 e. The molecule has 8 heteroatoms. The summed E-state index contributed by atoms with van der Waals surface area (Å²) < 4.78 is 0.437. The maximum Gasteiger partial charge on any atom is 0.337 e. The fourth-order valence-electron chi connectivity index (χ4n) is 1.60. The van der Waals surface area contributed by atoms with Crippen molar-refractivity contribution in [3.8, 4) is 0 Å². The van der Waals surface area contributed by atoms with Gasteiger partial charge in [-0.25, -0.2) is 9.78 Å². The second-order valence-electron chi connectivity index (χ2n) is 3.91. The summed E-state index contributed by atoms with van der Waals surface area (Å²) in [6.45, 7) is 0. The number of para-hydroxylation sites is 1. The van der Waals surface area contributed by atoms with Crippen LogP contribution in [0.4, 0.5) is 5.69 Å². The number of pyridine rings is 1. The second-order valence-corrected chi connectivity index (χ2v) is 5.56. The van der Waals surface area contributed by atoms with E-state index < -0.39 is 11.9 Å². The third-order valence-electron chi connectivity index (χ3n) is 2.55. The maximum absolute atomic E-state index is 12.2. The van der Waals surface area contributed by atoms with Crippen LogP contribution in [0.15, 0.2) is 34.9 Å². The molecule has 0 atom stereocenters. The van der Waals surface area contributed by atoms with Crippen molar-refractivity contribution in [2.24, 2.45) is 0 Å². The lowest BCUT2D eigenvalue weighted by molar-refractivity contribution is 0.0698. The van der Waals surface area contributed by atoms with Crippen LogP contribution in [0.1, 0.15) is 20.7 Å². The summed E-state index contributed by atoms with van der Waals surface area (Å²) in [6.07, 6.45) is 1.25. The first-order valence-corrected chi connectivity index (χ1v) is 7.09. The van der Waals surface area contributed by atoms with Gasteiger partial charge in [0.2, 0.25) is 0 Å². The average Bonchev–Trinajstić information content (AvgIpc) is 2.43. The van der Waals surface area contributed by atoms with Crippen LogP contribution < -0.4 is 5.32 Å². The van der Waals surface area contributed by atoms with Crippen LogP contribution in [-0.4, -0.2) is 22.0 Å². The largest absolute Gasteiger partial charge is 0.478 e. The van der Waals surface area contributed by atoms with Gasteiger partial charge in [-0.1, -0.05) is 29.3 Å². The van der Waals surface area contributed by atoms with Gasteiger partial charge in [-0.3, -0.25) is 4.79 Å². The van der Waals surface area contributed by atoms with Crippen molar-refractivity contribution < 1.29 is 14.7 Å². The molecule has 1 heterocycles. The third kappa shape index (κ3) is 3.53. The minimum absolute atomic E-state index is 0.0472. The van der Waals surface area contributed by atoms with E-state index in [0.717, 1.165) is 0 Å². The molecule has 2 rings (SSSR count). The number of carboxylic acid groups (broad SMARTS) is 1. The Morgan fingerprint density at radius 2 is 1.95 bits per heavy atom. The molecule has 1 aromatic carbocycles. The molecular formula is C13H7BrCl2N2O3. The van der Waals surface area contributed by atoms with Crippen molar-refractivity contribution in [1.29, 1.82) is 0 Å². The van der Waals surface area contributed by atoms with Gasteiger partial charge in [-0.15, -0.1) is 0 Å². The number of nitrogens with one attached hydrogen (secondary N) is 1. The number of aromatic nitrogens is 1. The monoisotopic (exact) mass is 388 g/mol. The van der Waals surface area contributed by atoms with Crippen molar-refractivity contribution in [3.05, 3.63) is 56.2 Å². The molecule has 0 aliphatic heterocycles. The summed E-state index contributed by atoms with van der Waals surface area (Å²) in [7, 11) is 0. The molecule has 2 N–H and O–H groups in total. The van der Waals surface area contributed by atoms with Crippen LogP contribution in [0.25, 0.3) is 0 Å². The summed E-state index contributed by atoms with van der Waals surface area (Å²) >= 11 is 14.8. The number of rotatable bonds is 3. The molecule has 0 spiro atoms. The molecular weight excluding hydrogens is 383 g/mol. The summed E-state index contributed by atoms with van der Waals surface area (Å²) in [6, 6.07) is 5.85. The van der Waals surface area contributed by atoms with Gasteiger partial charge in [-0.2, -0.15) is 0 Å². The Labute approximate surface area is 138 Å². The molecule has 0 aliphatic rings. The zero-order valence-electron chi connectivity index (χ0n) is 10.2. The molecule has 1 amide bonds. The highest BCUT2D eigenvalue weighted by Gasteiger charge is 2.18. The highest BCUT2D eigenvalue weighted by atomic mass is 79.9. The molecule has 0 aliphatic carbocycles. The molecule has 1 aromatic heterocycles. The first-order chi connectivity index (χ1) is 9.90. The zero-order valence-corrected chi connectivity index (χ0v) is 13.3. The SMILES string of the molecule is O=C(Nc1c(Br)cccc1C(=O)O)c1cc(Cl)ncc1Cl. The molecule has 0 radical (unpaired) electrons. The van der Waals surface area contributed by atoms with Gasteiger partial charge in [0.25, 0.3) is 5.91 Å². The van der Waals surface area contributed by atoms with E-state index in [2.05, 4.69) is 26.2 Å². The standard InChI is InChI=1S/C13H7BrCl2N2O3/c14-8-3-1-2-6(13(20)21)11(8)18-12(19)7-4-10(16)17-5-9(7)15/h1-5H,(H,18,19)(H,20,21). The molecule has 0 saturated heterocycles. The molecule has 0 fully saturated rings. The minimum atomic E-state index is -1.16. The summed E-state index contributed by atoms with van der Waals surface area (Å²) in [5, 5.41) is 11.9. The molecule has 0 saturated carbocycles. The first-order valence-electron chi connectivity index (χ1n) is 5.54. The molecule has 2 aromatic rings. The van der Waals surface area contributed by atoms with E-state index in [1.807, 2.05) is 0 Å². The molecule has 108 valence electrons. The molecule has 0 bridgehead atoms. The van der Waals surface area contributed by atoms with E-state index in [1.54, 1.807) is 12.1 Å². The van der Waals surface area contributed by atoms with Crippen molar-refractivity contribution in [3.63, 3.8) is 0 Å². The number of hydrogen-bond acceptors (Lipinski definition) is 3. The highest BCUT2D eigenvalue weighted by Crippen LogP contribution is 2.28. The summed E-state index contributed by atoms with van der Waals surface area (Å²) in [4.78, 5) is 27.1. The van der Waals surface area contributed by atoms with E-state index in [-0.39, 0.29) is 27.0 Å². The van der Waals surface area contributed by atoms with Crippen LogP contribution in [0.5, 0.6) is 0 Å². The van der Waals surface area contributed by atoms with Gasteiger partial charge in [0, 0.05) is 10.7 Å². The lowest BCUT2D eigenvalue weighted by atomic mass is 10.1. The smallest absolute Gasteiger partial charge is 0.337 e. The molecule has 0 unspecified atom stereocenters. The van der Waals surface area contributed by atoms with Gasteiger partial charge in [0.05, 0.1) is 21.8 Å². The molecule has 21 heavy (non-hydrogen) atoms. The highest BCUT2D eigenvalue weighted by molar-refractivity contribution is 9.10. The Kier molecular flexibility index (Phi) is 4.82. The van der Waals surface area contributed by atoms with E-state index >= 15 is 0 Å². The van der Waals surface area contributed by atoms with Crippen LogP contribution in [-0.2, 0) is 0 Å². The van der Waals surface area contributed by atoms with Crippen LogP contribution >= 0.6 is 39.1 Å². The van der Waals surface area contributed by atoms with E-state index in [1.165, 1.54) is 18.3 Å².